The molecule has 3 amide bonds. The first kappa shape index (κ1) is 6.88. The summed E-state index contributed by atoms with van der Waals surface area (Å²) in [6, 6.07) is 0. The second-order valence-electron chi connectivity index (χ2n) is 1.88. The SMILES string of the molecule is O=[C]N1C(=O)CC(O)C1=O. The lowest BCUT2D eigenvalue weighted by Gasteiger charge is -1.99. The molecule has 1 unspecified atom stereocenters. The highest BCUT2D eigenvalue weighted by Gasteiger charge is 2.37. The number of aliphatic hydroxyl groups is 1. The Labute approximate surface area is 56.2 Å². The Bertz CT molecular complexity index is 200. The van der Waals surface area contributed by atoms with E-state index in [0.29, 0.717) is 0 Å². The third kappa shape index (κ3) is 0.801. The van der Waals surface area contributed by atoms with Crippen molar-refractivity contribution in [3.05, 3.63) is 0 Å². The summed E-state index contributed by atoms with van der Waals surface area (Å²) in [6.07, 6.45) is -0.546. The molecule has 1 heterocycles. The van der Waals surface area contributed by atoms with E-state index in [4.69, 9.17) is 5.11 Å². The Kier molecular flexibility index (Phi) is 1.50. The molecule has 1 atom stereocenters. The Morgan fingerprint density at radius 3 is 2.40 bits per heavy atom. The first-order valence-corrected chi connectivity index (χ1v) is 2.59. The van der Waals surface area contributed by atoms with Crippen LogP contribution in [0.5, 0.6) is 0 Å². The van der Waals surface area contributed by atoms with E-state index in [2.05, 4.69) is 0 Å². The molecule has 0 spiro atoms. The van der Waals surface area contributed by atoms with Crippen LogP contribution in [0.3, 0.4) is 0 Å². The summed E-state index contributed by atoms with van der Waals surface area (Å²) in [7, 11) is 0. The molecule has 5 heteroatoms. The first-order valence-electron chi connectivity index (χ1n) is 2.59. The molecule has 1 radical (unpaired) electrons. The minimum Gasteiger partial charge on any atom is -0.383 e. The average molecular weight is 142 g/mol. The molecule has 1 N–H and O–H groups in total. The van der Waals surface area contributed by atoms with Gasteiger partial charge in [-0.3, -0.25) is 14.4 Å². The van der Waals surface area contributed by atoms with Gasteiger partial charge in [0.2, 0.25) is 5.91 Å². The summed E-state index contributed by atoms with van der Waals surface area (Å²) in [6.45, 7) is 0. The molecule has 0 aromatic carbocycles. The minimum atomic E-state index is -1.35. The Morgan fingerprint density at radius 2 is 2.20 bits per heavy atom. The van der Waals surface area contributed by atoms with Crippen LogP contribution in [0.2, 0.25) is 0 Å². The lowest BCUT2D eigenvalue weighted by molar-refractivity contribution is -0.135. The molecule has 0 aromatic rings. The van der Waals surface area contributed by atoms with Crippen LogP contribution in [0.4, 0.5) is 0 Å². The molecule has 1 saturated heterocycles. The standard InChI is InChI=1S/C5H4NO4/c7-2-6-4(9)1-3(8)5(6)10/h3,8H,1H2. The van der Waals surface area contributed by atoms with E-state index >= 15 is 0 Å². The molecule has 0 saturated carbocycles. The zero-order valence-electron chi connectivity index (χ0n) is 4.90. The summed E-state index contributed by atoms with van der Waals surface area (Å²) >= 11 is 0. The lowest BCUT2D eigenvalue weighted by Crippen LogP contribution is -2.30. The van der Waals surface area contributed by atoms with Crippen molar-refractivity contribution in [2.24, 2.45) is 0 Å². The monoisotopic (exact) mass is 142 g/mol. The molecule has 1 aliphatic heterocycles. The summed E-state index contributed by atoms with van der Waals surface area (Å²) in [5.74, 6) is -1.59. The topological polar surface area (TPSA) is 74.7 Å². The number of rotatable bonds is 1. The van der Waals surface area contributed by atoms with Gasteiger partial charge in [0.05, 0.1) is 6.42 Å². The van der Waals surface area contributed by atoms with Crippen LogP contribution in [0.15, 0.2) is 0 Å². The van der Waals surface area contributed by atoms with E-state index in [0.717, 1.165) is 6.41 Å². The maximum absolute atomic E-state index is 10.5. The number of hydrogen-bond acceptors (Lipinski definition) is 4. The van der Waals surface area contributed by atoms with E-state index in [1.165, 1.54) is 0 Å². The fourth-order valence-corrected chi connectivity index (χ4v) is 0.712. The number of carbonyl (C=O) groups excluding carboxylic acids is 3. The van der Waals surface area contributed by atoms with Crippen LogP contribution in [-0.4, -0.2) is 34.3 Å². The highest BCUT2D eigenvalue weighted by molar-refractivity contribution is 6.12. The summed E-state index contributed by atoms with van der Waals surface area (Å²) in [5, 5.41) is 8.68. The second kappa shape index (κ2) is 2.18. The maximum atomic E-state index is 10.5. The third-order valence-corrected chi connectivity index (χ3v) is 1.21. The smallest absolute Gasteiger partial charge is 0.326 e. The number of imide groups is 3. The van der Waals surface area contributed by atoms with Crippen molar-refractivity contribution < 1.29 is 19.5 Å². The lowest BCUT2D eigenvalue weighted by atomic mass is 10.3. The van der Waals surface area contributed by atoms with Crippen molar-refractivity contribution in [2.75, 3.05) is 0 Å². The molecule has 0 aliphatic carbocycles. The maximum Gasteiger partial charge on any atom is 0.326 e. The number of amides is 3. The van der Waals surface area contributed by atoms with E-state index in [-0.39, 0.29) is 11.3 Å². The molecule has 0 bridgehead atoms. The second-order valence-corrected chi connectivity index (χ2v) is 1.88. The van der Waals surface area contributed by atoms with Crippen molar-refractivity contribution in [3.63, 3.8) is 0 Å². The quantitative estimate of drug-likeness (QED) is 0.437. The van der Waals surface area contributed by atoms with E-state index < -0.39 is 17.9 Å². The Hall–Kier alpha value is -1.23. The van der Waals surface area contributed by atoms with Gasteiger partial charge in [0.25, 0.3) is 5.91 Å². The molecule has 5 nitrogen and oxygen atoms in total. The number of aliphatic hydroxyl groups excluding tert-OH is 1. The number of carbonyl (C=O) groups is 2. The van der Waals surface area contributed by atoms with Gasteiger partial charge < -0.3 is 5.11 Å². The predicted octanol–water partition coefficient (Wildman–Crippen LogP) is -1.83. The summed E-state index contributed by atoms with van der Waals surface area (Å²) < 4.78 is 0. The molecule has 1 aliphatic rings. The van der Waals surface area contributed by atoms with Gasteiger partial charge in [-0.1, -0.05) is 0 Å². The first-order chi connectivity index (χ1) is 4.66. The van der Waals surface area contributed by atoms with Gasteiger partial charge in [0, 0.05) is 0 Å². The zero-order chi connectivity index (χ0) is 7.72. The van der Waals surface area contributed by atoms with Gasteiger partial charge in [-0.25, -0.2) is 4.90 Å². The van der Waals surface area contributed by atoms with Gasteiger partial charge in [0.15, 0.2) is 0 Å². The van der Waals surface area contributed by atoms with E-state index in [1.807, 2.05) is 0 Å². The van der Waals surface area contributed by atoms with Crippen LogP contribution in [0, 0.1) is 0 Å². The van der Waals surface area contributed by atoms with Crippen molar-refractivity contribution in [3.8, 4) is 0 Å². The van der Waals surface area contributed by atoms with Crippen LogP contribution < -0.4 is 0 Å². The fraction of sp³-hybridized carbons (Fsp3) is 0.400. The highest BCUT2D eigenvalue weighted by atomic mass is 16.3. The van der Waals surface area contributed by atoms with Gasteiger partial charge >= 0.3 is 6.41 Å². The van der Waals surface area contributed by atoms with Crippen molar-refractivity contribution in [1.29, 1.82) is 0 Å². The third-order valence-electron chi connectivity index (χ3n) is 1.21. The number of likely N-dealkylation sites (tertiary alicyclic amines) is 1. The van der Waals surface area contributed by atoms with E-state index in [1.54, 1.807) is 0 Å². The summed E-state index contributed by atoms with van der Waals surface area (Å²) in [5.41, 5.74) is 0. The minimum absolute atomic E-state index is 0.255. The van der Waals surface area contributed by atoms with Gasteiger partial charge in [-0.15, -0.1) is 0 Å². The Morgan fingerprint density at radius 1 is 1.60 bits per heavy atom. The molecular formula is C5H4NO4. The largest absolute Gasteiger partial charge is 0.383 e. The van der Waals surface area contributed by atoms with Crippen LogP contribution in [0.25, 0.3) is 0 Å². The average Bonchev–Trinajstić information content (AvgIpc) is 2.09. The van der Waals surface area contributed by atoms with Crippen LogP contribution >= 0.6 is 0 Å². The molecule has 1 rings (SSSR count). The molecular weight excluding hydrogens is 138 g/mol. The van der Waals surface area contributed by atoms with Gasteiger partial charge in [0.1, 0.15) is 6.10 Å². The predicted molar refractivity (Wildman–Crippen MR) is 28.2 cm³/mol. The van der Waals surface area contributed by atoms with Crippen molar-refractivity contribution in [1.82, 2.24) is 4.90 Å². The fourth-order valence-electron chi connectivity index (χ4n) is 0.712. The van der Waals surface area contributed by atoms with Crippen molar-refractivity contribution in [2.45, 2.75) is 12.5 Å². The molecule has 53 valence electrons. The van der Waals surface area contributed by atoms with Crippen molar-refractivity contribution >= 4 is 18.2 Å². The van der Waals surface area contributed by atoms with Crippen LogP contribution in [-0.2, 0) is 14.4 Å². The van der Waals surface area contributed by atoms with Crippen LogP contribution in [0.1, 0.15) is 6.42 Å². The number of nitrogens with zero attached hydrogens (tertiary/aromatic N) is 1. The molecule has 10 heavy (non-hydrogen) atoms. The summed E-state index contributed by atoms with van der Waals surface area (Å²) in [4.78, 5) is 31.1. The van der Waals surface area contributed by atoms with Gasteiger partial charge in [-0.05, 0) is 0 Å². The van der Waals surface area contributed by atoms with Gasteiger partial charge in [-0.2, -0.15) is 0 Å². The number of hydrogen-bond donors (Lipinski definition) is 1. The Balaban J connectivity index is 2.83. The molecule has 0 aromatic heterocycles. The van der Waals surface area contributed by atoms with E-state index in [9.17, 15) is 14.4 Å². The zero-order valence-corrected chi connectivity index (χ0v) is 4.90. The normalized spacial score (nSPS) is 25.7. The molecule has 1 fully saturated rings. The highest BCUT2D eigenvalue weighted by Crippen LogP contribution is 2.09.